The van der Waals surface area contributed by atoms with Crippen LogP contribution in [0.4, 0.5) is 4.39 Å². The summed E-state index contributed by atoms with van der Waals surface area (Å²) in [5.74, 6) is -0.530. The van der Waals surface area contributed by atoms with E-state index in [1.807, 2.05) is 19.1 Å². The summed E-state index contributed by atoms with van der Waals surface area (Å²) in [4.78, 5) is 12.1. The van der Waals surface area contributed by atoms with Crippen molar-refractivity contribution in [3.8, 4) is 5.75 Å². The van der Waals surface area contributed by atoms with Gasteiger partial charge >= 0.3 is 0 Å². The van der Waals surface area contributed by atoms with Crippen LogP contribution in [0, 0.1) is 5.82 Å². The summed E-state index contributed by atoms with van der Waals surface area (Å²) in [6, 6.07) is 11.1. The van der Waals surface area contributed by atoms with E-state index in [0.29, 0.717) is 29.8 Å². The van der Waals surface area contributed by atoms with Crippen LogP contribution >= 0.6 is 11.6 Å². The van der Waals surface area contributed by atoms with Gasteiger partial charge in [-0.1, -0.05) is 30.7 Å². The number of nitrogens with one attached hydrogen (secondary N) is 1. The predicted octanol–water partition coefficient (Wildman–Crippen LogP) is 5.06. The van der Waals surface area contributed by atoms with Crippen molar-refractivity contribution in [2.75, 3.05) is 0 Å². The second-order valence-electron chi connectivity index (χ2n) is 7.24. The highest BCUT2D eigenvalue weighted by Gasteiger charge is 2.40. The average Bonchev–Trinajstić information content (AvgIpc) is 2.63. The fraction of sp³-hybridized carbons (Fsp3) is 0.381. The van der Waals surface area contributed by atoms with Crippen LogP contribution in [0.5, 0.6) is 5.75 Å². The van der Waals surface area contributed by atoms with Crippen LogP contribution in [-0.2, 0) is 9.53 Å². The molecular formula is C21H23ClFNO3. The first kappa shape index (κ1) is 19.6. The highest BCUT2D eigenvalue weighted by Crippen LogP contribution is 2.45. The summed E-state index contributed by atoms with van der Waals surface area (Å²) in [7, 11) is 0. The molecule has 4 nitrogen and oxygen atoms in total. The Balaban J connectivity index is 1.96. The Morgan fingerprint density at radius 1 is 1.26 bits per heavy atom. The summed E-state index contributed by atoms with van der Waals surface area (Å²) < 4.78 is 20.0. The van der Waals surface area contributed by atoms with Crippen LogP contribution in [0.3, 0.4) is 0 Å². The number of aromatic hydroxyl groups is 1. The molecule has 0 radical (unpaired) electrons. The van der Waals surface area contributed by atoms with Gasteiger partial charge < -0.3 is 15.2 Å². The number of carbonyl (C=O) groups excluding carboxylic acids is 1. The van der Waals surface area contributed by atoms with Crippen LogP contribution in [0.25, 0.3) is 0 Å². The van der Waals surface area contributed by atoms with Crippen LogP contribution in [0.2, 0.25) is 5.02 Å². The second-order valence-corrected chi connectivity index (χ2v) is 7.68. The van der Waals surface area contributed by atoms with Gasteiger partial charge in [-0.25, -0.2) is 4.39 Å². The molecule has 2 aromatic carbocycles. The van der Waals surface area contributed by atoms with E-state index < -0.39 is 17.5 Å². The van der Waals surface area contributed by atoms with Crippen molar-refractivity contribution >= 4 is 17.5 Å². The summed E-state index contributed by atoms with van der Waals surface area (Å²) in [6.07, 6.45) is 0.480. The van der Waals surface area contributed by atoms with Gasteiger partial charge in [0.15, 0.2) is 0 Å². The molecule has 1 saturated heterocycles. The van der Waals surface area contributed by atoms with Gasteiger partial charge in [0.1, 0.15) is 11.6 Å². The predicted molar refractivity (Wildman–Crippen MR) is 102 cm³/mol. The molecule has 1 aliphatic rings. The van der Waals surface area contributed by atoms with Crippen LogP contribution in [0.1, 0.15) is 56.4 Å². The fourth-order valence-corrected chi connectivity index (χ4v) is 3.69. The molecule has 27 heavy (non-hydrogen) atoms. The molecule has 2 aromatic rings. The fourth-order valence-electron chi connectivity index (χ4n) is 3.56. The summed E-state index contributed by atoms with van der Waals surface area (Å²) >= 11 is 5.98. The summed E-state index contributed by atoms with van der Waals surface area (Å²) in [5, 5.41) is 13.9. The number of phenols is 1. The van der Waals surface area contributed by atoms with E-state index in [-0.39, 0.29) is 17.8 Å². The van der Waals surface area contributed by atoms with Crippen molar-refractivity contribution in [2.45, 2.75) is 50.9 Å². The number of hydrogen-bond acceptors (Lipinski definition) is 3. The molecule has 144 valence electrons. The van der Waals surface area contributed by atoms with E-state index in [1.165, 1.54) is 18.2 Å². The Kier molecular flexibility index (Phi) is 5.72. The third-order valence-electron chi connectivity index (χ3n) is 4.94. The van der Waals surface area contributed by atoms with Gasteiger partial charge in [0.05, 0.1) is 12.2 Å². The van der Waals surface area contributed by atoms with E-state index in [9.17, 15) is 14.3 Å². The number of hydrogen-bond donors (Lipinski definition) is 2. The molecule has 6 heteroatoms. The third-order valence-corrected chi connectivity index (χ3v) is 5.19. The van der Waals surface area contributed by atoms with Crippen LogP contribution < -0.4 is 5.32 Å². The molecule has 1 amide bonds. The Bertz CT molecular complexity index is 827. The summed E-state index contributed by atoms with van der Waals surface area (Å²) in [6.45, 7) is 3.75. The molecule has 0 aliphatic carbocycles. The Morgan fingerprint density at radius 2 is 1.93 bits per heavy atom. The van der Waals surface area contributed by atoms with Crippen molar-refractivity contribution in [3.63, 3.8) is 0 Å². The number of phenolic OH excluding ortho intramolecular Hbond substituents is 1. The number of amides is 1. The standard InChI is InChI=1S/C21H23ClFNO3/c1-3-20(26)24-21(2)11-18(13-4-6-14(22)7-5-13)27-19(12-21)16-10-15(23)8-9-17(16)25/h4-10,18-19,25H,3,11-12H2,1-2H3,(H,24,26)/t18-,19+,21-/m0/s1. The van der Waals surface area contributed by atoms with Gasteiger partial charge in [-0.05, 0) is 42.8 Å². The van der Waals surface area contributed by atoms with Crippen LogP contribution in [0.15, 0.2) is 42.5 Å². The van der Waals surface area contributed by atoms with E-state index >= 15 is 0 Å². The molecule has 1 aliphatic heterocycles. The van der Waals surface area contributed by atoms with E-state index in [4.69, 9.17) is 16.3 Å². The highest BCUT2D eigenvalue weighted by molar-refractivity contribution is 6.30. The molecule has 3 rings (SSSR count). The minimum atomic E-state index is -0.558. The maximum atomic E-state index is 13.8. The van der Waals surface area contributed by atoms with Gasteiger partial charge in [0, 0.05) is 35.4 Å². The lowest BCUT2D eigenvalue weighted by atomic mass is 9.81. The number of carbonyl (C=O) groups is 1. The lowest BCUT2D eigenvalue weighted by Crippen LogP contribution is -2.50. The number of ether oxygens (including phenoxy) is 1. The molecular weight excluding hydrogens is 369 g/mol. The molecule has 1 fully saturated rings. The minimum Gasteiger partial charge on any atom is -0.508 e. The van der Waals surface area contributed by atoms with E-state index in [1.54, 1.807) is 19.1 Å². The van der Waals surface area contributed by atoms with Gasteiger partial charge in [0.25, 0.3) is 0 Å². The first-order valence-corrected chi connectivity index (χ1v) is 9.38. The van der Waals surface area contributed by atoms with Crippen molar-refractivity contribution in [1.29, 1.82) is 0 Å². The topological polar surface area (TPSA) is 58.6 Å². The highest BCUT2D eigenvalue weighted by atomic mass is 35.5. The summed E-state index contributed by atoms with van der Waals surface area (Å²) in [5.41, 5.74) is 0.738. The molecule has 0 spiro atoms. The largest absolute Gasteiger partial charge is 0.508 e. The molecule has 0 aromatic heterocycles. The average molecular weight is 392 g/mol. The van der Waals surface area contributed by atoms with Crippen molar-refractivity contribution < 1.29 is 19.0 Å². The third kappa shape index (κ3) is 4.60. The van der Waals surface area contributed by atoms with Crippen molar-refractivity contribution in [2.24, 2.45) is 0 Å². The minimum absolute atomic E-state index is 0.0256. The van der Waals surface area contributed by atoms with Crippen molar-refractivity contribution in [1.82, 2.24) is 5.32 Å². The monoisotopic (exact) mass is 391 g/mol. The van der Waals surface area contributed by atoms with Crippen LogP contribution in [-0.4, -0.2) is 16.6 Å². The van der Waals surface area contributed by atoms with E-state index in [0.717, 1.165) is 5.56 Å². The zero-order valence-electron chi connectivity index (χ0n) is 15.3. The zero-order chi connectivity index (χ0) is 19.6. The number of halogens is 2. The maximum Gasteiger partial charge on any atom is 0.220 e. The molecule has 0 bridgehead atoms. The first-order chi connectivity index (χ1) is 12.8. The molecule has 3 atom stereocenters. The van der Waals surface area contributed by atoms with Crippen molar-refractivity contribution in [3.05, 3.63) is 64.4 Å². The Morgan fingerprint density at radius 3 is 2.59 bits per heavy atom. The van der Waals surface area contributed by atoms with Gasteiger partial charge in [-0.3, -0.25) is 4.79 Å². The molecule has 0 unspecified atom stereocenters. The smallest absolute Gasteiger partial charge is 0.220 e. The molecule has 2 N–H and O–H groups in total. The normalized spacial score (nSPS) is 25.2. The SMILES string of the molecule is CCC(=O)N[C@@]1(C)C[C@@H](c2ccc(Cl)cc2)O[C@@H](c2cc(F)ccc2O)C1. The zero-order valence-corrected chi connectivity index (χ0v) is 16.1. The lowest BCUT2D eigenvalue weighted by molar-refractivity contribution is -0.128. The molecule has 0 saturated carbocycles. The van der Waals surface area contributed by atoms with Gasteiger partial charge in [0.2, 0.25) is 5.91 Å². The Labute approximate surface area is 163 Å². The Hall–Kier alpha value is -2.11. The van der Waals surface area contributed by atoms with Gasteiger partial charge in [-0.2, -0.15) is 0 Å². The quantitative estimate of drug-likeness (QED) is 0.765. The van der Waals surface area contributed by atoms with Gasteiger partial charge in [-0.15, -0.1) is 0 Å². The maximum absolute atomic E-state index is 13.8. The second kappa shape index (κ2) is 7.87. The lowest BCUT2D eigenvalue weighted by Gasteiger charge is -2.43. The molecule has 1 heterocycles. The van der Waals surface area contributed by atoms with E-state index in [2.05, 4.69) is 5.32 Å². The number of benzene rings is 2. The first-order valence-electron chi connectivity index (χ1n) is 9.00. The number of rotatable bonds is 4.